The van der Waals surface area contributed by atoms with Crippen molar-refractivity contribution in [1.29, 1.82) is 0 Å². The van der Waals surface area contributed by atoms with Crippen LogP contribution in [0.5, 0.6) is 0 Å². The fourth-order valence-corrected chi connectivity index (χ4v) is 2.51. The van der Waals surface area contributed by atoms with Crippen LogP contribution in [0, 0.1) is 0 Å². The van der Waals surface area contributed by atoms with Crippen molar-refractivity contribution < 1.29 is 9.53 Å². The van der Waals surface area contributed by atoms with Crippen LogP contribution in [0.3, 0.4) is 0 Å². The van der Waals surface area contributed by atoms with E-state index >= 15 is 0 Å². The Bertz CT molecular complexity index is 847. The van der Waals surface area contributed by atoms with Crippen LogP contribution in [-0.2, 0) is 16.1 Å². The highest BCUT2D eigenvalue weighted by atomic mass is 79.9. The number of carbonyl (C=O) groups is 1. The van der Waals surface area contributed by atoms with Crippen molar-refractivity contribution in [1.82, 2.24) is 0 Å². The number of hydrogen-bond donors (Lipinski definition) is 0. The quantitative estimate of drug-likeness (QED) is 0.365. The van der Waals surface area contributed by atoms with Gasteiger partial charge in [0, 0.05) is 0 Å². The topological polar surface area (TPSA) is 26.3 Å². The minimum Gasteiger partial charge on any atom is -0.460 e. The predicted octanol–water partition coefficient (Wildman–Crippen LogP) is 5.21. The number of benzene rings is 3. The summed E-state index contributed by atoms with van der Waals surface area (Å²) in [6.07, 6.45) is 0. The molecule has 0 heterocycles. The standard InChI is InChI=1S/C19H17BrO2/c1-19(2,20)18(21)22-12-13-7-8-16-10-14-5-3-4-6-15(14)11-17(16)9-13/h3-11H,12H2,1-2H3. The first-order valence-corrected chi connectivity index (χ1v) is 8.00. The lowest BCUT2D eigenvalue weighted by Gasteiger charge is -2.15. The second kappa shape index (κ2) is 5.73. The first-order valence-electron chi connectivity index (χ1n) is 7.21. The van der Waals surface area contributed by atoms with Crippen molar-refractivity contribution in [3.63, 3.8) is 0 Å². The molecule has 0 N–H and O–H groups in total. The third-order valence-corrected chi connectivity index (χ3v) is 3.95. The van der Waals surface area contributed by atoms with Crippen molar-refractivity contribution >= 4 is 43.4 Å². The minimum absolute atomic E-state index is 0.258. The number of fused-ring (bicyclic) bond motifs is 2. The van der Waals surface area contributed by atoms with E-state index in [1.807, 2.05) is 18.2 Å². The molecule has 0 amide bonds. The number of rotatable bonds is 3. The van der Waals surface area contributed by atoms with Crippen LogP contribution in [0.15, 0.2) is 54.6 Å². The molecule has 3 aromatic carbocycles. The molecule has 0 aliphatic carbocycles. The van der Waals surface area contributed by atoms with E-state index < -0.39 is 4.32 Å². The van der Waals surface area contributed by atoms with Gasteiger partial charge in [0.05, 0.1) is 0 Å². The van der Waals surface area contributed by atoms with Crippen LogP contribution in [0.4, 0.5) is 0 Å². The maximum absolute atomic E-state index is 11.8. The zero-order valence-electron chi connectivity index (χ0n) is 12.6. The van der Waals surface area contributed by atoms with Crippen LogP contribution in [0.1, 0.15) is 19.4 Å². The number of hydrogen-bond acceptors (Lipinski definition) is 2. The summed E-state index contributed by atoms with van der Waals surface area (Å²) in [5.74, 6) is -0.258. The summed E-state index contributed by atoms with van der Waals surface area (Å²) >= 11 is 3.31. The molecule has 2 nitrogen and oxygen atoms in total. The Hall–Kier alpha value is -1.87. The molecule has 3 heteroatoms. The molecule has 22 heavy (non-hydrogen) atoms. The van der Waals surface area contributed by atoms with Gasteiger partial charge in [-0.2, -0.15) is 0 Å². The number of carbonyl (C=O) groups excluding carboxylic acids is 1. The maximum Gasteiger partial charge on any atom is 0.322 e. The Morgan fingerprint density at radius 2 is 1.55 bits per heavy atom. The lowest BCUT2D eigenvalue weighted by atomic mass is 10.0. The van der Waals surface area contributed by atoms with Crippen LogP contribution in [0.25, 0.3) is 21.5 Å². The number of halogens is 1. The summed E-state index contributed by atoms with van der Waals surface area (Å²) in [6, 6.07) is 18.8. The van der Waals surface area contributed by atoms with Crippen LogP contribution in [0.2, 0.25) is 0 Å². The molecule has 0 fully saturated rings. The summed E-state index contributed by atoms with van der Waals surface area (Å²) in [5, 5.41) is 4.79. The van der Waals surface area contributed by atoms with E-state index in [2.05, 4.69) is 52.3 Å². The molecule has 0 aliphatic rings. The summed E-state index contributed by atoms with van der Waals surface area (Å²) in [4.78, 5) is 11.8. The molecule has 0 saturated carbocycles. The van der Waals surface area contributed by atoms with Gasteiger partial charge in [0.15, 0.2) is 0 Å². The Balaban J connectivity index is 1.89. The lowest BCUT2D eigenvalue weighted by Crippen LogP contribution is -2.26. The third kappa shape index (κ3) is 3.14. The van der Waals surface area contributed by atoms with Gasteiger partial charge in [-0.3, -0.25) is 4.79 Å². The van der Waals surface area contributed by atoms with Crippen molar-refractivity contribution in [3.05, 3.63) is 60.2 Å². The van der Waals surface area contributed by atoms with E-state index in [0.29, 0.717) is 0 Å². The molecule has 3 rings (SSSR count). The number of ether oxygens (including phenoxy) is 1. The zero-order valence-corrected chi connectivity index (χ0v) is 14.2. The normalized spacial score (nSPS) is 11.8. The summed E-state index contributed by atoms with van der Waals surface area (Å²) in [6.45, 7) is 3.85. The fraction of sp³-hybridized carbons (Fsp3) is 0.211. The number of alkyl halides is 1. The van der Waals surface area contributed by atoms with E-state index in [9.17, 15) is 4.79 Å². The molecule has 0 aromatic heterocycles. The molecule has 0 spiro atoms. The van der Waals surface area contributed by atoms with Gasteiger partial charge in [0.2, 0.25) is 0 Å². The molecule has 112 valence electrons. The van der Waals surface area contributed by atoms with Gasteiger partial charge in [-0.05, 0) is 59.2 Å². The Kier molecular flexibility index (Phi) is 3.92. The SMILES string of the molecule is CC(C)(Br)C(=O)OCc1ccc2cc3ccccc3cc2c1. The minimum atomic E-state index is -0.653. The largest absolute Gasteiger partial charge is 0.460 e. The molecule has 0 unspecified atom stereocenters. The molecule has 0 radical (unpaired) electrons. The van der Waals surface area contributed by atoms with E-state index in [1.54, 1.807) is 13.8 Å². The molecular weight excluding hydrogens is 340 g/mol. The molecule has 3 aromatic rings. The van der Waals surface area contributed by atoms with E-state index in [4.69, 9.17) is 4.74 Å². The van der Waals surface area contributed by atoms with Gasteiger partial charge in [-0.1, -0.05) is 52.3 Å². The first kappa shape index (κ1) is 15.0. The van der Waals surface area contributed by atoms with E-state index in [-0.39, 0.29) is 12.6 Å². The van der Waals surface area contributed by atoms with Crippen LogP contribution in [-0.4, -0.2) is 10.3 Å². The molecular formula is C19H17BrO2. The summed E-state index contributed by atoms with van der Waals surface area (Å²) in [5.41, 5.74) is 0.993. The molecule has 0 saturated heterocycles. The predicted molar refractivity (Wildman–Crippen MR) is 94.3 cm³/mol. The van der Waals surface area contributed by atoms with Gasteiger partial charge < -0.3 is 4.74 Å². The summed E-state index contributed by atoms with van der Waals surface area (Å²) in [7, 11) is 0. The fourth-order valence-electron chi connectivity index (χ4n) is 2.40. The van der Waals surface area contributed by atoms with Crippen molar-refractivity contribution in [2.45, 2.75) is 24.8 Å². The van der Waals surface area contributed by atoms with Crippen LogP contribution >= 0.6 is 15.9 Å². The van der Waals surface area contributed by atoms with Crippen molar-refractivity contribution in [3.8, 4) is 0 Å². The Labute approximate surface area is 138 Å². The Morgan fingerprint density at radius 1 is 0.955 bits per heavy atom. The first-order chi connectivity index (χ1) is 10.4. The molecule has 0 bridgehead atoms. The number of esters is 1. The zero-order chi connectivity index (χ0) is 15.7. The second-order valence-corrected chi connectivity index (χ2v) is 7.91. The van der Waals surface area contributed by atoms with Crippen molar-refractivity contribution in [2.24, 2.45) is 0 Å². The van der Waals surface area contributed by atoms with Crippen molar-refractivity contribution in [2.75, 3.05) is 0 Å². The van der Waals surface area contributed by atoms with E-state index in [1.165, 1.54) is 16.2 Å². The molecule has 0 atom stereocenters. The monoisotopic (exact) mass is 356 g/mol. The van der Waals surface area contributed by atoms with E-state index in [0.717, 1.165) is 10.9 Å². The van der Waals surface area contributed by atoms with Gasteiger partial charge in [0.1, 0.15) is 10.9 Å². The highest BCUT2D eigenvalue weighted by molar-refractivity contribution is 9.10. The molecule has 0 aliphatic heterocycles. The van der Waals surface area contributed by atoms with Gasteiger partial charge in [-0.25, -0.2) is 0 Å². The van der Waals surface area contributed by atoms with Gasteiger partial charge in [-0.15, -0.1) is 0 Å². The highest BCUT2D eigenvalue weighted by Crippen LogP contribution is 2.24. The smallest absolute Gasteiger partial charge is 0.322 e. The van der Waals surface area contributed by atoms with Crippen LogP contribution < -0.4 is 0 Å². The Morgan fingerprint density at radius 3 is 2.18 bits per heavy atom. The average Bonchev–Trinajstić information content (AvgIpc) is 2.49. The highest BCUT2D eigenvalue weighted by Gasteiger charge is 2.25. The second-order valence-electron chi connectivity index (χ2n) is 5.93. The average molecular weight is 357 g/mol. The third-order valence-electron chi connectivity index (χ3n) is 3.62. The summed E-state index contributed by atoms with van der Waals surface area (Å²) < 4.78 is 4.69. The van der Waals surface area contributed by atoms with Gasteiger partial charge in [0.25, 0.3) is 0 Å². The maximum atomic E-state index is 11.8. The van der Waals surface area contributed by atoms with Gasteiger partial charge >= 0.3 is 5.97 Å². The lowest BCUT2D eigenvalue weighted by molar-refractivity contribution is -0.146.